The predicted octanol–water partition coefficient (Wildman–Crippen LogP) is 2.61. The summed E-state index contributed by atoms with van der Waals surface area (Å²) in [4.78, 5) is 23.0. The Labute approximate surface area is 129 Å². The van der Waals surface area contributed by atoms with Crippen LogP contribution in [0.5, 0.6) is 0 Å². The summed E-state index contributed by atoms with van der Waals surface area (Å²) >= 11 is 0. The average Bonchev–Trinajstić information content (AvgIpc) is 2.50. The molecule has 1 aromatic carbocycles. The number of unbranched alkanes of at least 4 members (excludes halogenated alkanes) is 1. The quantitative estimate of drug-likeness (QED) is 0.818. The minimum absolute atomic E-state index is 0.305. The minimum atomic E-state index is -0.881. The van der Waals surface area contributed by atoms with E-state index in [1.807, 2.05) is 30.4 Å². The lowest BCUT2D eigenvalue weighted by Gasteiger charge is -2.27. The molecular formula is C16H20N2O4. The van der Waals surface area contributed by atoms with Crippen molar-refractivity contribution in [2.45, 2.75) is 25.8 Å². The first-order chi connectivity index (χ1) is 10.6. The predicted molar refractivity (Wildman–Crippen MR) is 82.4 cm³/mol. The number of rotatable bonds is 5. The Balaban J connectivity index is 1.97. The zero-order valence-electron chi connectivity index (χ0n) is 12.3. The Bertz CT molecular complexity index is 584. The molecule has 22 heavy (non-hydrogen) atoms. The maximum absolute atomic E-state index is 11.1. The first-order valence-electron chi connectivity index (χ1n) is 7.25. The van der Waals surface area contributed by atoms with Crippen molar-refractivity contribution in [3.8, 4) is 0 Å². The number of carbonyl (C=O) groups is 2. The number of allylic oxidation sites excluding steroid dienone is 1. The third-order valence-corrected chi connectivity index (χ3v) is 3.64. The third kappa shape index (κ3) is 4.25. The Morgan fingerprint density at radius 3 is 2.95 bits per heavy atom. The first kappa shape index (κ1) is 15.9. The SMILES string of the molecule is NC(=O)OCCC/C=C/c1cccc2c1CN(C(=O)O)CC2. The number of hydrogen-bond donors (Lipinski definition) is 2. The number of benzene rings is 1. The molecule has 6 nitrogen and oxygen atoms in total. The lowest BCUT2D eigenvalue weighted by molar-refractivity contribution is 0.140. The molecular weight excluding hydrogens is 284 g/mol. The summed E-state index contributed by atoms with van der Waals surface area (Å²) in [5.74, 6) is 0. The molecule has 0 aliphatic carbocycles. The average molecular weight is 304 g/mol. The molecule has 2 amide bonds. The molecule has 0 aromatic heterocycles. The highest BCUT2D eigenvalue weighted by atomic mass is 16.5. The fourth-order valence-electron chi connectivity index (χ4n) is 2.51. The minimum Gasteiger partial charge on any atom is -0.465 e. The molecule has 2 rings (SSSR count). The number of carbonyl (C=O) groups excluding carboxylic acids is 1. The number of hydrogen-bond acceptors (Lipinski definition) is 3. The topological polar surface area (TPSA) is 92.9 Å². The normalized spacial score (nSPS) is 13.9. The third-order valence-electron chi connectivity index (χ3n) is 3.64. The van der Waals surface area contributed by atoms with Crippen LogP contribution in [-0.2, 0) is 17.7 Å². The molecule has 0 fully saturated rings. The molecule has 0 unspecified atom stereocenters. The molecule has 0 atom stereocenters. The van der Waals surface area contributed by atoms with Gasteiger partial charge in [0.25, 0.3) is 0 Å². The van der Waals surface area contributed by atoms with E-state index in [-0.39, 0.29) is 0 Å². The maximum atomic E-state index is 11.1. The van der Waals surface area contributed by atoms with Crippen LogP contribution >= 0.6 is 0 Å². The van der Waals surface area contributed by atoms with Crippen LogP contribution < -0.4 is 5.73 Å². The molecule has 1 aliphatic heterocycles. The molecule has 1 aliphatic rings. The molecule has 1 aromatic rings. The van der Waals surface area contributed by atoms with E-state index in [9.17, 15) is 9.59 Å². The van der Waals surface area contributed by atoms with E-state index in [4.69, 9.17) is 10.8 Å². The van der Waals surface area contributed by atoms with Crippen molar-refractivity contribution in [2.24, 2.45) is 5.73 Å². The monoisotopic (exact) mass is 304 g/mol. The van der Waals surface area contributed by atoms with Crippen molar-refractivity contribution in [3.63, 3.8) is 0 Å². The van der Waals surface area contributed by atoms with E-state index in [0.29, 0.717) is 26.1 Å². The molecule has 0 radical (unpaired) electrons. The Hall–Kier alpha value is -2.50. The van der Waals surface area contributed by atoms with E-state index in [1.54, 1.807) is 0 Å². The van der Waals surface area contributed by atoms with Crippen molar-refractivity contribution in [2.75, 3.05) is 13.2 Å². The second-order valence-corrected chi connectivity index (χ2v) is 5.15. The lowest BCUT2D eigenvalue weighted by Crippen LogP contribution is -2.35. The lowest BCUT2D eigenvalue weighted by atomic mass is 9.94. The second-order valence-electron chi connectivity index (χ2n) is 5.15. The maximum Gasteiger partial charge on any atom is 0.407 e. The molecule has 0 saturated carbocycles. The summed E-state index contributed by atoms with van der Waals surface area (Å²) in [7, 11) is 0. The standard InChI is InChI=1S/C16H20N2O4/c17-15(19)22-10-3-1-2-5-12-6-4-7-13-8-9-18(16(20)21)11-14(12)13/h2,4-7H,1,3,8-11H2,(H2,17,19)(H,20,21)/b5-2+. The van der Waals surface area contributed by atoms with Crippen LogP contribution in [0.15, 0.2) is 24.3 Å². The zero-order valence-corrected chi connectivity index (χ0v) is 12.3. The molecule has 1 heterocycles. The molecule has 118 valence electrons. The van der Waals surface area contributed by atoms with E-state index in [1.165, 1.54) is 10.5 Å². The van der Waals surface area contributed by atoms with Gasteiger partial charge in [-0.2, -0.15) is 0 Å². The van der Waals surface area contributed by atoms with Gasteiger partial charge in [0, 0.05) is 13.1 Å². The fourth-order valence-corrected chi connectivity index (χ4v) is 2.51. The number of nitrogens with zero attached hydrogens (tertiary/aromatic N) is 1. The summed E-state index contributed by atoms with van der Waals surface area (Å²) in [5, 5.41) is 9.13. The van der Waals surface area contributed by atoms with Gasteiger partial charge in [-0.25, -0.2) is 9.59 Å². The molecule has 0 bridgehead atoms. The highest BCUT2D eigenvalue weighted by molar-refractivity contribution is 5.67. The van der Waals surface area contributed by atoms with Gasteiger partial charge in [-0.05, 0) is 36.0 Å². The van der Waals surface area contributed by atoms with Gasteiger partial charge in [-0.1, -0.05) is 30.4 Å². The van der Waals surface area contributed by atoms with E-state index < -0.39 is 12.2 Å². The van der Waals surface area contributed by atoms with Crippen LogP contribution in [0.1, 0.15) is 29.5 Å². The summed E-state index contributed by atoms with van der Waals surface area (Å²) in [5.41, 5.74) is 8.20. The van der Waals surface area contributed by atoms with Crippen molar-refractivity contribution in [1.82, 2.24) is 4.90 Å². The van der Waals surface area contributed by atoms with E-state index >= 15 is 0 Å². The number of amides is 2. The van der Waals surface area contributed by atoms with Crippen molar-refractivity contribution in [3.05, 3.63) is 41.0 Å². The number of nitrogens with two attached hydrogens (primary N) is 1. The van der Waals surface area contributed by atoms with E-state index in [2.05, 4.69) is 4.74 Å². The van der Waals surface area contributed by atoms with Crippen LogP contribution in [0.3, 0.4) is 0 Å². The molecule has 3 N–H and O–H groups in total. The second kappa shape index (κ2) is 7.49. The van der Waals surface area contributed by atoms with Crippen LogP contribution in [0.4, 0.5) is 9.59 Å². The summed E-state index contributed by atoms with van der Waals surface area (Å²) < 4.78 is 4.66. The highest BCUT2D eigenvalue weighted by Gasteiger charge is 2.21. The van der Waals surface area contributed by atoms with Gasteiger partial charge in [0.05, 0.1) is 6.61 Å². The van der Waals surface area contributed by atoms with Crippen LogP contribution in [0.2, 0.25) is 0 Å². The van der Waals surface area contributed by atoms with Crippen LogP contribution in [-0.4, -0.2) is 35.3 Å². The largest absolute Gasteiger partial charge is 0.465 e. The summed E-state index contributed by atoms with van der Waals surface area (Å²) in [6, 6.07) is 6.03. The number of primary amides is 1. The van der Waals surface area contributed by atoms with Gasteiger partial charge >= 0.3 is 12.2 Å². The summed E-state index contributed by atoms with van der Waals surface area (Å²) in [6.07, 6.45) is 4.57. The first-order valence-corrected chi connectivity index (χ1v) is 7.25. The Morgan fingerprint density at radius 1 is 1.41 bits per heavy atom. The molecule has 6 heteroatoms. The summed E-state index contributed by atoms with van der Waals surface area (Å²) in [6.45, 7) is 1.27. The van der Waals surface area contributed by atoms with Gasteiger partial charge < -0.3 is 20.5 Å². The molecule has 0 spiro atoms. The van der Waals surface area contributed by atoms with Gasteiger partial charge in [0.2, 0.25) is 0 Å². The van der Waals surface area contributed by atoms with Crippen molar-refractivity contribution >= 4 is 18.3 Å². The van der Waals surface area contributed by atoms with Gasteiger partial charge in [0.15, 0.2) is 0 Å². The number of ether oxygens (including phenoxy) is 1. The van der Waals surface area contributed by atoms with Crippen LogP contribution in [0, 0.1) is 0 Å². The number of fused-ring (bicyclic) bond motifs is 1. The zero-order chi connectivity index (χ0) is 15.9. The van der Waals surface area contributed by atoms with Crippen molar-refractivity contribution in [1.29, 1.82) is 0 Å². The Kier molecular flexibility index (Phi) is 5.41. The van der Waals surface area contributed by atoms with Crippen LogP contribution in [0.25, 0.3) is 6.08 Å². The van der Waals surface area contributed by atoms with Crippen molar-refractivity contribution < 1.29 is 19.4 Å². The Morgan fingerprint density at radius 2 is 2.23 bits per heavy atom. The highest BCUT2D eigenvalue weighted by Crippen LogP contribution is 2.24. The smallest absolute Gasteiger partial charge is 0.407 e. The molecule has 0 saturated heterocycles. The van der Waals surface area contributed by atoms with Gasteiger partial charge in [-0.15, -0.1) is 0 Å². The van der Waals surface area contributed by atoms with Gasteiger partial charge in [0.1, 0.15) is 0 Å². The van der Waals surface area contributed by atoms with Gasteiger partial charge in [-0.3, -0.25) is 0 Å². The van der Waals surface area contributed by atoms with E-state index in [0.717, 1.165) is 24.0 Å². The number of carboxylic acid groups (broad SMARTS) is 1. The fraction of sp³-hybridized carbons (Fsp3) is 0.375.